The van der Waals surface area contributed by atoms with Crippen LogP contribution in [0.5, 0.6) is 0 Å². The molecule has 0 unspecified atom stereocenters. The molecule has 29 heavy (non-hydrogen) atoms. The van der Waals surface area contributed by atoms with Crippen molar-refractivity contribution in [3.05, 3.63) is 95.7 Å². The van der Waals surface area contributed by atoms with E-state index in [4.69, 9.17) is 4.42 Å². The number of nitrogens with one attached hydrogen (secondary N) is 2. The molecule has 0 fully saturated rings. The Morgan fingerprint density at radius 3 is 2.31 bits per heavy atom. The molecule has 5 heteroatoms. The van der Waals surface area contributed by atoms with Crippen molar-refractivity contribution in [2.24, 2.45) is 0 Å². The van der Waals surface area contributed by atoms with Crippen molar-refractivity contribution in [2.45, 2.75) is 6.92 Å². The summed E-state index contributed by atoms with van der Waals surface area (Å²) in [5.74, 6) is -0.297. The molecule has 144 valence electrons. The first kappa shape index (κ1) is 18.5. The van der Waals surface area contributed by atoms with E-state index in [9.17, 15) is 9.59 Å². The minimum Gasteiger partial charge on any atom is -0.449 e. The first-order chi connectivity index (χ1) is 14.1. The molecule has 0 atom stereocenters. The quantitative estimate of drug-likeness (QED) is 0.443. The van der Waals surface area contributed by atoms with Crippen LogP contribution in [0.4, 0.5) is 11.4 Å². The summed E-state index contributed by atoms with van der Waals surface area (Å²) in [6.45, 7) is 2.03. The second-order valence-electron chi connectivity index (χ2n) is 6.77. The van der Waals surface area contributed by atoms with Gasteiger partial charge in [0.1, 0.15) is 5.58 Å². The van der Waals surface area contributed by atoms with Crippen LogP contribution in [-0.2, 0) is 0 Å². The Labute approximate surface area is 168 Å². The number of hydrogen-bond donors (Lipinski definition) is 2. The van der Waals surface area contributed by atoms with E-state index in [-0.39, 0.29) is 24.0 Å². The molecule has 5 nitrogen and oxygen atoms in total. The van der Waals surface area contributed by atoms with Crippen molar-refractivity contribution in [2.75, 3.05) is 17.2 Å². The van der Waals surface area contributed by atoms with Crippen LogP contribution >= 0.6 is 0 Å². The Balaban J connectivity index is 1.60. The van der Waals surface area contributed by atoms with Gasteiger partial charge in [0, 0.05) is 16.6 Å². The summed E-state index contributed by atoms with van der Waals surface area (Å²) in [6.07, 6.45) is 0. The van der Waals surface area contributed by atoms with Crippen LogP contribution in [0.25, 0.3) is 11.0 Å². The molecule has 0 spiro atoms. The lowest BCUT2D eigenvalue weighted by Gasteiger charge is -2.08. The Morgan fingerprint density at radius 1 is 0.862 bits per heavy atom. The Hall–Kier alpha value is -3.86. The molecule has 1 aromatic heterocycles. The zero-order chi connectivity index (χ0) is 20.2. The van der Waals surface area contributed by atoms with Gasteiger partial charge in [-0.15, -0.1) is 0 Å². The van der Waals surface area contributed by atoms with E-state index in [1.54, 1.807) is 30.3 Å². The number of benzene rings is 3. The Bertz CT molecular complexity index is 1160. The van der Waals surface area contributed by atoms with Gasteiger partial charge in [-0.05, 0) is 31.2 Å². The summed E-state index contributed by atoms with van der Waals surface area (Å²) < 4.78 is 5.80. The van der Waals surface area contributed by atoms with E-state index in [0.717, 1.165) is 10.9 Å². The molecule has 0 aliphatic rings. The summed E-state index contributed by atoms with van der Waals surface area (Å²) >= 11 is 0. The summed E-state index contributed by atoms with van der Waals surface area (Å²) in [4.78, 5) is 25.4. The fourth-order valence-corrected chi connectivity index (χ4v) is 3.10. The number of amides is 1. The number of hydrogen-bond acceptors (Lipinski definition) is 4. The fourth-order valence-electron chi connectivity index (χ4n) is 3.10. The first-order valence-corrected chi connectivity index (χ1v) is 9.33. The molecule has 1 amide bonds. The highest BCUT2D eigenvalue weighted by Crippen LogP contribution is 2.31. The van der Waals surface area contributed by atoms with Crippen LogP contribution in [0.3, 0.4) is 0 Å². The summed E-state index contributed by atoms with van der Waals surface area (Å²) in [7, 11) is 0. The molecule has 4 aromatic rings. The van der Waals surface area contributed by atoms with Crippen molar-refractivity contribution in [1.29, 1.82) is 0 Å². The van der Waals surface area contributed by atoms with Crippen molar-refractivity contribution in [3.8, 4) is 0 Å². The van der Waals surface area contributed by atoms with Crippen molar-refractivity contribution < 1.29 is 14.0 Å². The molecular weight excluding hydrogens is 364 g/mol. The predicted octanol–water partition coefficient (Wildman–Crippen LogP) is 5.29. The zero-order valence-corrected chi connectivity index (χ0v) is 15.9. The maximum absolute atomic E-state index is 12.8. The highest BCUT2D eigenvalue weighted by Gasteiger charge is 2.21. The smallest absolute Gasteiger partial charge is 0.293 e. The maximum Gasteiger partial charge on any atom is 0.293 e. The monoisotopic (exact) mass is 384 g/mol. The number of anilines is 2. The van der Waals surface area contributed by atoms with E-state index in [1.165, 1.54) is 0 Å². The number of fused-ring (bicyclic) bond motifs is 1. The third-order valence-corrected chi connectivity index (χ3v) is 4.63. The number of para-hydroxylation sites is 2. The van der Waals surface area contributed by atoms with Crippen LogP contribution < -0.4 is 10.6 Å². The lowest BCUT2D eigenvalue weighted by molar-refractivity contribution is 0.0991. The van der Waals surface area contributed by atoms with Crippen LogP contribution in [0, 0.1) is 6.92 Å². The van der Waals surface area contributed by atoms with Gasteiger partial charge in [-0.1, -0.05) is 60.2 Å². The second kappa shape index (κ2) is 8.02. The van der Waals surface area contributed by atoms with Gasteiger partial charge in [-0.3, -0.25) is 9.59 Å². The van der Waals surface area contributed by atoms with Gasteiger partial charge in [-0.25, -0.2) is 0 Å². The van der Waals surface area contributed by atoms with Gasteiger partial charge in [0.2, 0.25) is 5.76 Å². The summed E-state index contributed by atoms with van der Waals surface area (Å²) in [5, 5.41) is 6.69. The third-order valence-electron chi connectivity index (χ3n) is 4.63. The van der Waals surface area contributed by atoms with E-state index < -0.39 is 0 Å². The molecule has 0 saturated heterocycles. The minimum absolute atomic E-state index is 0.0538. The highest BCUT2D eigenvalue weighted by atomic mass is 16.3. The zero-order valence-electron chi connectivity index (χ0n) is 15.9. The topological polar surface area (TPSA) is 71.3 Å². The normalized spacial score (nSPS) is 10.7. The van der Waals surface area contributed by atoms with Gasteiger partial charge in [0.05, 0.1) is 12.2 Å². The number of aryl methyl sites for hydroxylation is 1. The molecule has 0 aliphatic heterocycles. The number of rotatable bonds is 6. The van der Waals surface area contributed by atoms with Gasteiger partial charge in [0.15, 0.2) is 5.78 Å². The van der Waals surface area contributed by atoms with Crippen molar-refractivity contribution in [1.82, 2.24) is 0 Å². The third kappa shape index (κ3) is 4.04. The van der Waals surface area contributed by atoms with E-state index in [0.29, 0.717) is 22.5 Å². The van der Waals surface area contributed by atoms with Crippen LogP contribution in [0.1, 0.15) is 26.5 Å². The average Bonchev–Trinajstić information content (AvgIpc) is 3.12. The van der Waals surface area contributed by atoms with Crippen LogP contribution in [0.15, 0.2) is 83.3 Å². The van der Waals surface area contributed by atoms with E-state index in [2.05, 4.69) is 10.6 Å². The number of ketones is 1. The summed E-state index contributed by atoms with van der Waals surface area (Å²) in [6, 6.07) is 23.9. The highest BCUT2D eigenvalue weighted by molar-refractivity contribution is 6.12. The second-order valence-corrected chi connectivity index (χ2v) is 6.77. The van der Waals surface area contributed by atoms with Gasteiger partial charge in [0.25, 0.3) is 5.91 Å². The van der Waals surface area contributed by atoms with Crippen molar-refractivity contribution >= 4 is 34.0 Å². The lowest BCUT2D eigenvalue weighted by Crippen LogP contribution is -2.17. The summed E-state index contributed by atoms with van der Waals surface area (Å²) in [5.41, 5.74) is 3.46. The number of carbonyl (C=O) groups excluding carboxylic acids is 2. The van der Waals surface area contributed by atoms with Crippen LogP contribution in [0.2, 0.25) is 0 Å². The molecular formula is C24H20N2O3. The largest absolute Gasteiger partial charge is 0.449 e. The molecule has 0 aliphatic carbocycles. The van der Waals surface area contributed by atoms with Crippen LogP contribution in [-0.4, -0.2) is 18.2 Å². The molecule has 0 bridgehead atoms. The molecule has 4 rings (SSSR count). The lowest BCUT2D eigenvalue weighted by atomic mass is 10.1. The molecule has 1 heterocycles. The Kier molecular flexibility index (Phi) is 5.12. The molecule has 2 N–H and O–H groups in total. The van der Waals surface area contributed by atoms with Crippen molar-refractivity contribution in [3.63, 3.8) is 0 Å². The standard InChI is InChI=1S/C24H20N2O3/c1-16-11-13-17(14-12-16)20(27)15-25-22-19-9-5-6-10-21(19)29-23(22)24(28)26-18-7-3-2-4-8-18/h2-14,25H,15H2,1H3,(H,26,28). The minimum atomic E-state index is -0.377. The van der Waals surface area contributed by atoms with E-state index in [1.807, 2.05) is 55.5 Å². The number of Topliss-reactive ketones (excluding diaryl/α,β-unsaturated/α-hetero) is 1. The van der Waals surface area contributed by atoms with Gasteiger partial charge in [-0.2, -0.15) is 0 Å². The van der Waals surface area contributed by atoms with Gasteiger partial charge >= 0.3 is 0 Å². The first-order valence-electron chi connectivity index (χ1n) is 9.33. The fraction of sp³-hybridized carbons (Fsp3) is 0.0833. The SMILES string of the molecule is Cc1ccc(C(=O)CNc2c(C(=O)Nc3ccccc3)oc3ccccc23)cc1. The molecule has 3 aromatic carbocycles. The van der Waals surface area contributed by atoms with E-state index >= 15 is 0 Å². The predicted molar refractivity (Wildman–Crippen MR) is 115 cm³/mol. The maximum atomic E-state index is 12.8. The molecule has 0 radical (unpaired) electrons. The number of carbonyl (C=O) groups is 2. The average molecular weight is 384 g/mol. The molecule has 0 saturated carbocycles. The number of furan rings is 1. The Morgan fingerprint density at radius 2 is 1.55 bits per heavy atom. The van der Waals surface area contributed by atoms with Gasteiger partial charge < -0.3 is 15.1 Å².